The summed E-state index contributed by atoms with van der Waals surface area (Å²) in [7, 11) is -3.69. The molecule has 1 aromatic rings. The Morgan fingerprint density at radius 2 is 1.80 bits per heavy atom. The minimum Gasteiger partial charge on any atom is -0.370 e. The van der Waals surface area contributed by atoms with E-state index < -0.39 is 10.0 Å². The zero-order valence-corrected chi connectivity index (χ0v) is 12.1. The van der Waals surface area contributed by atoms with Gasteiger partial charge in [-0.15, -0.1) is 0 Å². The van der Waals surface area contributed by atoms with Gasteiger partial charge in [-0.25, -0.2) is 18.1 Å². The van der Waals surface area contributed by atoms with E-state index in [9.17, 15) is 8.42 Å². The monoisotopic (exact) mass is 298 g/mol. The number of nitrogens with zero attached hydrogens (tertiary/aromatic N) is 2. The van der Waals surface area contributed by atoms with Gasteiger partial charge in [0, 0.05) is 6.04 Å². The molecule has 0 saturated carbocycles. The maximum Gasteiger partial charge on any atom is 0.242 e. The summed E-state index contributed by atoms with van der Waals surface area (Å²) in [6.45, 7) is 3.44. The Kier molecular flexibility index (Phi) is 5.06. The van der Waals surface area contributed by atoms with Gasteiger partial charge in [0.25, 0.3) is 0 Å². The van der Waals surface area contributed by atoms with Gasteiger partial charge < -0.3 is 17.2 Å². The van der Waals surface area contributed by atoms with Crippen LogP contribution in [-0.2, 0) is 10.0 Å². The highest BCUT2D eigenvalue weighted by Gasteiger charge is 2.19. The van der Waals surface area contributed by atoms with Gasteiger partial charge in [-0.1, -0.05) is 12.1 Å². The third kappa shape index (κ3) is 4.52. The number of para-hydroxylation sites is 1. The van der Waals surface area contributed by atoms with Crippen molar-refractivity contribution in [3.05, 3.63) is 24.3 Å². The third-order valence-electron chi connectivity index (χ3n) is 2.02. The lowest BCUT2D eigenvalue weighted by atomic mass is 10.3. The fourth-order valence-electron chi connectivity index (χ4n) is 1.43. The molecule has 0 aliphatic heterocycles. The molecule has 0 spiro atoms. The number of sulfonamides is 1. The summed E-state index contributed by atoms with van der Waals surface area (Å²) in [5.74, 6) is -0.482. The largest absolute Gasteiger partial charge is 0.370 e. The molecule has 0 heterocycles. The van der Waals surface area contributed by atoms with Crippen molar-refractivity contribution in [3.8, 4) is 0 Å². The fourth-order valence-corrected chi connectivity index (χ4v) is 2.83. The fraction of sp³-hybridized carbons (Fsp3) is 0.273. The predicted octanol–water partition coefficient (Wildman–Crippen LogP) is -0.407. The van der Waals surface area contributed by atoms with Crippen molar-refractivity contribution < 1.29 is 8.42 Å². The van der Waals surface area contributed by atoms with E-state index in [1.165, 1.54) is 12.1 Å². The molecule has 0 amide bonds. The van der Waals surface area contributed by atoms with E-state index >= 15 is 0 Å². The van der Waals surface area contributed by atoms with Gasteiger partial charge in [0.2, 0.25) is 16.0 Å². The quantitative estimate of drug-likeness (QED) is 0.440. The molecule has 0 aliphatic rings. The molecule has 20 heavy (non-hydrogen) atoms. The molecule has 0 atom stereocenters. The average Bonchev–Trinajstić information content (AvgIpc) is 2.26. The number of hydrogen-bond acceptors (Lipinski definition) is 3. The molecule has 0 fully saturated rings. The number of aliphatic imine (C=N–C) groups is 2. The Morgan fingerprint density at radius 1 is 1.20 bits per heavy atom. The number of nitrogens with one attached hydrogen (secondary N) is 1. The first-order valence-corrected chi connectivity index (χ1v) is 7.26. The van der Waals surface area contributed by atoms with E-state index in [0.717, 1.165) is 0 Å². The van der Waals surface area contributed by atoms with Crippen molar-refractivity contribution in [2.75, 3.05) is 0 Å². The molecule has 0 saturated heterocycles. The van der Waals surface area contributed by atoms with E-state index in [0.29, 0.717) is 0 Å². The molecule has 0 aliphatic carbocycles. The van der Waals surface area contributed by atoms with Crippen LogP contribution in [0.4, 0.5) is 5.69 Å². The lowest BCUT2D eigenvalue weighted by Crippen LogP contribution is -2.30. The highest BCUT2D eigenvalue weighted by atomic mass is 32.2. The van der Waals surface area contributed by atoms with Gasteiger partial charge in [-0.2, -0.15) is 4.99 Å². The van der Waals surface area contributed by atoms with Gasteiger partial charge in [0.15, 0.2) is 5.96 Å². The summed E-state index contributed by atoms with van der Waals surface area (Å²) in [5.41, 5.74) is 16.0. The van der Waals surface area contributed by atoms with Crippen molar-refractivity contribution in [3.63, 3.8) is 0 Å². The molecular weight excluding hydrogens is 280 g/mol. The minimum atomic E-state index is -3.69. The lowest BCUT2D eigenvalue weighted by molar-refractivity contribution is 0.570. The lowest BCUT2D eigenvalue weighted by Gasteiger charge is -2.11. The van der Waals surface area contributed by atoms with E-state index in [1.54, 1.807) is 26.0 Å². The highest BCUT2D eigenvalue weighted by Crippen LogP contribution is 2.23. The Bertz CT molecular complexity index is 632. The molecule has 9 heteroatoms. The van der Waals surface area contributed by atoms with Crippen molar-refractivity contribution in [1.29, 1.82) is 0 Å². The predicted molar refractivity (Wildman–Crippen MR) is 79.0 cm³/mol. The Labute approximate surface area is 117 Å². The van der Waals surface area contributed by atoms with Crippen molar-refractivity contribution in [2.24, 2.45) is 27.2 Å². The maximum absolute atomic E-state index is 12.2. The van der Waals surface area contributed by atoms with E-state index in [1.807, 2.05) is 0 Å². The molecule has 7 N–H and O–H groups in total. The molecule has 0 unspecified atom stereocenters. The van der Waals surface area contributed by atoms with Crippen LogP contribution in [0, 0.1) is 0 Å². The average molecular weight is 298 g/mol. The number of benzene rings is 1. The number of guanidine groups is 2. The summed E-state index contributed by atoms with van der Waals surface area (Å²) in [5, 5.41) is 0. The molecule has 8 nitrogen and oxygen atoms in total. The minimum absolute atomic E-state index is 0.00226. The third-order valence-corrected chi connectivity index (χ3v) is 3.73. The normalized spacial score (nSPS) is 12.4. The van der Waals surface area contributed by atoms with E-state index in [4.69, 9.17) is 17.2 Å². The molecule has 0 aromatic heterocycles. The van der Waals surface area contributed by atoms with Crippen molar-refractivity contribution >= 4 is 27.6 Å². The van der Waals surface area contributed by atoms with Crippen LogP contribution in [0.15, 0.2) is 39.1 Å². The summed E-state index contributed by atoms with van der Waals surface area (Å²) >= 11 is 0. The van der Waals surface area contributed by atoms with E-state index in [2.05, 4.69) is 14.7 Å². The Balaban J connectivity index is 3.29. The number of nitrogens with two attached hydrogens (primary N) is 3. The first-order chi connectivity index (χ1) is 9.22. The highest BCUT2D eigenvalue weighted by molar-refractivity contribution is 7.89. The summed E-state index contributed by atoms with van der Waals surface area (Å²) < 4.78 is 26.8. The van der Waals surface area contributed by atoms with E-state index in [-0.39, 0.29) is 28.5 Å². The van der Waals surface area contributed by atoms with Gasteiger partial charge in [0.05, 0.1) is 5.69 Å². The molecule has 1 rings (SSSR count). The van der Waals surface area contributed by atoms with Crippen LogP contribution >= 0.6 is 0 Å². The van der Waals surface area contributed by atoms with Gasteiger partial charge in [-0.05, 0) is 26.0 Å². The molecule has 110 valence electrons. The smallest absolute Gasteiger partial charge is 0.242 e. The van der Waals surface area contributed by atoms with Crippen molar-refractivity contribution in [1.82, 2.24) is 4.72 Å². The van der Waals surface area contributed by atoms with Crippen LogP contribution in [0.5, 0.6) is 0 Å². The Hall–Kier alpha value is -2.13. The van der Waals surface area contributed by atoms with Crippen LogP contribution in [0.2, 0.25) is 0 Å². The van der Waals surface area contributed by atoms with Crippen LogP contribution in [0.3, 0.4) is 0 Å². The molecule has 0 radical (unpaired) electrons. The van der Waals surface area contributed by atoms with Crippen LogP contribution in [0.25, 0.3) is 0 Å². The first-order valence-electron chi connectivity index (χ1n) is 5.77. The zero-order chi connectivity index (χ0) is 15.3. The Morgan fingerprint density at radius 3 is 2.35 bits per heavy atom. The van der Waals surface area contributed by atoms with Crippen LogP contribution in [0.1, 0.15) is 13.8 Å². The molecular formula is C11H18N6O2S. The number of hydrogen-bond donors (Lipinski definition) is 4. The van der Waals surface area contributed by atoms with Crippen molar-refractivity contribution in [2.45, 2.75) is 24.8 Å². The SMILES string of the molecule is CC(C)NS(=O)(=O)c1ccccc1N=C(N)N=C(N)N. The van der Waals surface area contributed by atoms with Gasteiger partial charge in [-0.3, -0.25) is 0 Å². The maximum atomic E-state index is 12.2. The first kappa shape index (κ1) is 15.9. The summed E-state index contributed by atoms with van der Waals surface area (Å²) in [4.78, 5) is 7.44. The van der Waals surface area contributed by atoms with Gasteiger partial charge in [0.1, 0.15) is 4.90 Å². The zero-order valence-electron chi connectivity index (χ0n) is 11.2. The standard InChI is InChI=1S/C11H18N6O2S/c1-7(2)17-20(18,19)9-6-4-3-5-8(9)15-11(14)16-10(12)13/h3-7,17H,1-2H3,(H6,12,13,14,15,16). The second kappa shape index (κ2) is 6.35. The summed E-state index contributed by atoms with van der Waals surface area (Å²) in [6.07, 6.45) is 0. The second-order valence-electron chi connectivity index (χ2n) is 4.25. The van der Waals surface area contributed by atoms with Crippen LogP contribution in [-0.4, -0.2) is 26.4 Å². The topological polar surface area (TPSA) is 149 Å². The molecule has 1 aromatic carbocycles. The molecule has 0 bridgehead atoms. The summed E-state index contributed by atoms with van der Waals surface area (Å²) in [6, 6.07) is 5.91. The van der Waals surface area contributed by atoms with Gasteiger partial charge >= 0.3 is 0 Å². The van der Waals surface area contributed by atoms with Crippen LogP contribution < -0.4 is 21.9 Å². The second-order valence-corrected chi connectivity index (χ2v) is 5.93. The number of rotatable bonds is 4.